The zero-order valence-corrected chi connectivity index (χ0v) is 14.6. The fraction of sp³-hybridized carbons (Fsp3) is 0.368. The molecule has 2 aromatic rings. The van der Waals surface area contributed by atoms with Crippen molar-refractivity contribution in [3.8, 4) is 11.1 Å². The van der Waals surface area contributed by atoms with Gasteiger partial charge in [-0.1, -0.05) is 48.5 Å². The van der Waals surface area contributed by atoms with Crippen molar-refractivity contribution in [1.29, 1.82) is 0 Å². The van der Waals surface area contributed by atoms with Crippen LogP contribution >= 0.6 is 0 Å². The van der Waals surface area contributed by atoms with E-state index in [-0.39, 0.29) is 12.1 Å². The van der Waals surface area contributed by atoms with E-state index in [2.05, 4.69) is 58.2 Å². The zero-order chi connectivity index (χ0) is 16.7. The van der Waals surface area contributed by atoms with Crippen LogP contribution < -0.4 is 4.72 Å². The third kappa shape index (κ3) is 2.88. The summed E-state index contributed by atoms with van der Waals surface area (Å²) in [7, 11) is -3.13. The first kappa shape index (κ1) is 15.8. The van der Waals surface area contributed by atoms with E-state index in [0.29, 0.717) is 0 Å². The summed E-state index contributed by atoms with van der Waals surface area (Å²) in [5.41, 5.74) is 5.39. The summed E-state index contributed by atoms with van der Waals surface area (Å²) in [6, 6.07) is 17.6. The Morgan fingerprint density at radius 1 is 0.917 bits per heavy atom. The van der Waals surface area contributed by atoms with Gasteiger partial charge in [-0.2, -0.15) is 0 Å². The van der Waals surface area contributed by atoms with Gasteiger partial charge in [0.1, 0.15) is 0 Å². The molecule has 0 aromatic heterocycles. The molecule has 1 N–H and O–H groups in total. The van der Waals surface area contributed by atoms with Gasteiger partial charge in [0.2, 0.25) is 10.0 Å². The number of hydrogen-bond acceptors (Lipinski definition) is 3. The molecular formula is C19H22N2O2S. The molecule has 1 saturated heterocycles. The molecule has 0 spiro atoms. The van der Waals surface area contributed by atoms with Gasteiger partial charge in [-0.3, -0.25) is 4.90 Å². The summed E-state index contributed by atoms with van der Waals surface area (Å²) in [4.78, 5) is 2.49. The van der Waals surface area contributed by atoms with Crippen molar-refractivity contribution in [1.82, 2.24) is 9.62 Å². The van der Waals surface area contributed by atoms with Crippen molar-refractivity contribution >= 4 is 10.0 Å². The monoisotopic (exact) mass is 342 g/mol. The van der Waals surface area contributed by atoms with Crippen LogP contribution in [0.25, 0.3) is 11.1 Å². The molecule has 0 amide bonds. The highest BCUT2D eigenvalue weighted by Gasteiger charge is 2.34. The maximum Gasteiger partial charge on any atom is 0.208 e. The lowest BCUT2D eigenvalue weighted by Gasteiger charge is -2.36. The van der Waals surface area contributed by atoms with Crippen LogP contribution in [0.1, 0.15) is 30.0 Å². The molecule has 1 heterocycles. The number of sulfonamides is 1. The van der Waals surface area contributed by atoms with E-state index in [9.17, 15) is 8.42 Å². The maximum atomic E-state index is 11.4. The minimum absolute atomic E-state index is 0.0585. The van der Waals surface area contributed by atoms with Crippen LogP contribution in [0, 0.1) is 0 Å². The Hall–Kier alpha value is -1.69. The van der Waals surface area contributed by atoms with Crippen molar-refractivity contribution in [3.63, 3.8) is 0 Å². The van der Waals surface area contributed by atoms with Crippen LogP contribution in [-0.2, 0) is 10.0 Å². The molecule has 0 unspecified atom stereocenters. The molecule has 0 atom stereocenters. The predicted octanol–water partition coefficient (Wildman–Crippen LogP) is 2.77. The molecule has 4 rings (SSSR count). The average Bonchev–Trinajstić information content (AvgIpc) is 2.89. The second-order valence-corrected chi connectivity index (χ2v) is 8.56. The average molecular weight is 342 g/mol. The molecule has 2 aliphatic rings. The summed E-state index contributed by atoms with van der Waals surface area (Å²) in [5, 5.41) is 0. The first-order chi connectivity index (χ1) is 11.5. The van der Waals surface area contributed by atoms with E-state index >= 15 is 0 Å². The highest BCUT2D eigenvalue weighted by atomic mass is 32.2. The SMILES string of the molecule is CS(=O)(=O)NC1CCN(C2c3ccccc3-c3ccccc32)CC1. The first-order valence-corrected chi connectivity index (χ1v) is 10.3. The van der Waals surface area contributed by atoms with E-state index in [1.165, 1.54) is 28.5 Å². The third-order valence-corrected chi connectivity index (χ3v) is 5.84. The largest absolute Gasteiger partial charge is 0.292 e. The third-order valence-electron chi connectivity index (χ3n) is 5.08. The van der Waals surface area contributed by atoms with Crippen molar-refractivity contribution in [2.24, 2.45) is 0 Å². The molecule has 0 radical (unpaired) electrons. The zero-order valence-electron chi connectivity index (χ0n) is 13.8. The predicted molar refractivity (Wildman–Crippen MR) is 96.3 cm³/mol. The van der Waals surface area contributed by atoms with Gasteiger partial charge in [-0.15, -0.1) is 0 Å². The van der Waals surface area contributed by atoms with Crippen LogP contribution in [0.3, 0.4) is 0 Å². The number of nitrogens with one attached hydrogen (secondary N) is 1. The second kappa shape index (κ2) is 5.99. The lowest BCUT2D eigenvalue weighted by molar-refractivity contribution is 0.173. The second-order valence-electron chi connectivity index (χ2n) is 6.78. The summed E-state index contributed by atoms with van der Waals surface area (Å²) < 4.78 is 25.6. The minimum Gasteiger partial charge on any atom is -0.292 e. The lowest BCUT2D eigenvalue weighted by Crippen LogP contribution is -2.45. The molecule has 4 nitrogen and oxygen atoms in total. The van der Waals surface area contributed by atoms with Crippen LogP contribution in [0.5, 0.6) is 0 Å². The normalized spacial score (nSPS) is 19.2. The van der Waals surface area contributed by atoms with Crippen molar-refractivity contribution < 1.29 is 8.42 Å². The lowest BCUT2D eigenvalue weighted by atomic mass is 9.98. The highest BCUT2D eigenvalue weighted by Crippen LogP contribution is 2.46. The minimum atomic E-state index is -3.13. The molecule has 1 aliphatic carbocycles. The Labute approximate surface area is 143 Å². The van der Waals surface area contributed by atoms with E-state index in [1.807, 2.05) is 0 Å². The molecule has 0 bridgehead atoms. The number of benzene rings is 2. The molecule has 2 aromatic carbocycles. The first-order valence-electron chi connectivity index (χ1n) is 8.42. The Balaban J connectivity index is 1.59. The van der Waals surface area contributed by atoms with E-state index in [1.54, 1.807) is 0 Å². The van der Waals surface area contributed by atoms with Gasteiger partial charge in [0.05, 0.1) is 12.3 Å². The topological polar surface area (TPSA) is 49.4 Å². The molecular weight excluding hydrogens is 320 g/mol. The smallest absolute Gasteiger partial charge is 0.208 e. The van der Waals surface area contributed by atoms with E-state index in [4.69, 9.17) is 0 Å². The Bertz CT molecular complexity index is 810. The van der Waals surface area contributed by atoms with Crippen molar-refractivity contribution in [3.05, 3.63) is 59.7 Å². The van der Waals surface area contributed by atoms with Gasteiger partial charge < -0.3 is 0 Å². The van der Waals surface area contributed by atoms with Crippen LogP contribution in [-0.4, -0.2) is 38.7 Å². The van der Waals surface area contributed by atoms with Gasteiger partial charge in [0.25, 0.3) is 0 Å². The van der Waals surface area contributed by atoms with E-state index in [0.717, 1.165) is 25.9 Å². The number of likely N-dealkylation sites (tertiary alicyclic amines) is 1. The highest BCUT2D eigenvalue weighted by molar-refractivity contribution is 7.88. The molecule has 0 saturated carbocycles. The number of rotatable bonds is 3. The Morgan fingerprint density at radius 3 is 1.92 bits per heavy atom. The summed E-state index contributed by atoms with van der Waals surface area (Å²) in [5.74, 6) is 0. The fourth-order valence-corrected chi connectivity index (χ4v) is 4.94. The van der Waals surface area contributed by atoms with Gasteiger partial charge in [0.15, 0.2) is 0 Å². The van der Waals surface area contributed by atoms with Gasteiger partial charge in [-0.25, -0.2) is 13.1 Å². The molecule has 1 fully saturated rings. The molecule has 1 aliphatic heterocycles. The Kier molecular flexibility index (Phi) is 3.95. The summed E-state index contributed by atoms with van der Waals surface area (Å²) >= 11 is 0. The summed E-state index contributed by atoms with van der Waals surface area (Å²) in [6.07, 6.45) is 2.95. The fourth-order valence-electron chi connectivity index (χ4n) is 4.10. The van der Waals surface area contributed by atoms with Crippen LogP contribution in [0.4, 0.5) is 0 Å². The number of piperidine rings is 1. The molecule has 24 heavy (non-hydrogen) atoms. The van der Waals surface area contributed by atoms with Crippen molar-refractivity contribution in [2.45, 2.75) is 24.9 Å². The number of nitrogens with zero attached hydrogens (tertiary/aromatic N) is 1. The molecule has 5 heteroatoms. The van der Waals surface area contributed by atoms with E-state index < -0.39 is 10.0 Å². The van der Waals surface area contributed by atoms with Gasteiger partial charge >= 0.3 is 0 Å². The standard InChI is InChI=1S/C19H22N2O2S/c1-24(22,23)20-14-10-12-21(13-11-14)19-17-8-4-2-6-15(17)16-7-3-5-9-18(16)19/h2-9,14,19-20H,10-13H2,1H3. The summed E-state index contributed by atoms with van der Waals surface area (Å²) in [6.45, 7) is 1.81. The van der Waals surface area contributed by atoms with Gasteiger partial charge in [-0.05, 0) is 35.1 Å². The quantitative estimate of drug-likeness (QED) is 0.933. The molecule has 126 valence electrons. The number of fused-ring (bicyclic) bond motifs is 3. The maximum absolute atomic E-state index is 11.4. The number of hydrogen-bond donors (Lipinski definition) is 1. The van der Waals surface area contributed by atoms with Crippen molar-refractivity contribution in [2.75, 3.05) is 19.3 Å². The Morgan fingerprint density at radius 2 is 1.42 bits per heavy atom. The van der Waals surface area contributed by atoms with Crippen LogP contribution in [0.15, 0.2) is 48.5 Å². The van der Waals surface area contributed by atoms with Gasteiger partial charge in [0, 0.05) is 19.1 Å². The van der Waals surface area contributed by atoms with Crippen LogP contribution in [0.2, 0.25) is 0 Å².